The van der Waals surface area contributed by atoms with Crippen LogP contribution in [0.25, 0.3) is 11.2 Å². The molecule has 2 aliphatic heterocycles. The van der Waals surface area contributed by atoms with Crippen molar-refractivity contribution in [3.8, 4) is 0 Å². The molecule has 2 aliphatic rings. The number of hydrogen-bond donors (Lipinski definition) is 4. The van der Waals surface area contributed by atoms with Crippen LogP contribution in [0, 0.1) is 5.92 Å². The quantitative estimate of drug-likeness (QED) is 0.475. The van der Waals surface area contributed by atoms with Gasteiger partial charge in [0, 0.05) is 19.0 Å². The van der Waals surface area contributed by atoms with E-state index in [2.05, 4.69) is 19.9 Å². The topological polar surface area (TPSA) is 152 Å². The molecule has 0 spiro atoms. The highest BCUT2D eigenvalue weighted by molar-refractivity contribution is 5.70. The summed E-state index contributed by atoms with van der Waals surface area (Å²) in [6.45, 7) is 3.71. The van der Waals surface area contributed by atoms with Crippen molar-refractivity contribution in [3.63, 3.8) is 0 Å². The van der Waals surface area contributed by atoms with Crippen molar-refractivity contribution in [1.82, 2.24) is 24.4 Å². The van der Waals surface area contributed by atoms with Gasteiger partial charge in [-0.25, -0.2) is 4.98 Å². The lowest BCUT2D eigenvalue weighted by molar-refractivity contribution is -0.0494. The molecule has 0 saturated carbocycles. The van der Waals surface area contributed by atoms with Crippen molar-refractivity contribution >= 4 is 17.1 Å². The van der Waals surface area contributed by atoms with Crippen LogP contribution in [0.4, 0.5) is 5.95 Å². The lowest BCUT2D eigenvalue weighted by Gasteiger charge is -2.28. The van der Waals surface area contributed by atoms with Crippen molar-refractivity contribution in [2.24, 2.45) is 5.92 Å². The third kappa shape index (κ3) is 3.44. The SMILES string of the molecule is Nc1nc2c(ncn2[C@@H]2O[C@H](CO)[C@@H](CCN3CCOCC3)[C@H]2O)c(=O)[nH]1. The molecule has 2 aromatic heterocycles. The number of nitrogens with zero attached hydrogens (tertiary/aromatic N) is 4. The molecule has 4 heterocycles. The number of morpholine rings is 1. The summed E-state index contributed by atoms with van der Waals surface area (Å²) in [5, 5.41) is 20.6. The van der Waals surface area contributed by atoms with Gasteiger partial charge in [-0.2, -0.15) is 4.98 Å². The van der Waals surface area contributed by atoms with Crippen LogP contribution in [0.15, 0.2) is 11.1 Å². The summed E-state index contributed by atoms with van der Waals surface area (Å²) in [5.41, 5.74) is 5.54. The molecule has 0 bridgehead atoms. The van der Waals surface area contributed by atoms with E-state index in [1.165, 1.54) is 10.9 Å². The van der Waals surface area contributed by atoms with Gasteiger partial charge in [-0.1, -0.05) is 0 Å². The first-order chi connectivity index (χ1) is 13.1. The molecule has 0 aliphatic carbocycles. The minimum Gasteiger partial charge on any atom is -0.394 e. The number of aromatic amines is 1. The number of aromatic nitrogens is 4. The first-order valence-corrected chi connectivity index (χ1v) is 9.05. The van der Waals surface area contributed by atoms with Crippen LogP contribution >= 0.6 is 0 Å². The Morgan fingerprint density at radius 2 is 2.15 bits per heavy atom. The molecule has 4 rings (SSSR count). The first kappa shape index (κ1) is 18.3. The molecule has 0 aromatic carbocycles. The molecule has 2 fully saturated rings. The van der Waals surface area contributed by atoms with Crippen LogP contribution in [-0.2, 0) is 9.47 Å². The van der Waals surface area contributed by atoms with Gasteiger partial charge >= 0.3 is 0 Å². The van der Waals surface area contributed by atoms with Crippen molar-refractivity contribution in [2.45, 2.75) is 24.9 Å². The summed E-state index contributed by atoms with van der Waals surface area (Å²) >= 11 is 0. The van der Waals surface area contributed by atoms with Gasteiger partial charge in [0.15, 0.2) is 17.4 Å². The number of H-pyrrole nitrogens is 1. The third-order valence-corrected chi connectivity index (χ3v) is 5.31. The number of nitrogens with one attached hydrogen (secondary N) is 1. The molecule has 0 unspecified atom stereocenters. The molecule has 11 nitrogen and oxygen atoms in total. The van der Waals surface area contributed by atoms with E-state index in [1.807, 2.05) is 0 Å². The van der Waals surface area contributed by atoms with E-state index in [1.54, 1.807) is 0 Å². The second-order valence-corrected chi connectivity index (χ2v) is 6.92. The fraction of sp³-hybridized carbons (Fsp3) is 0.688. The summed E-state index contributed by atoms with van der Waals surface area (Å²) in [4.78, 5) is 24.8. The maximum atomic E-state index is 12.0. The number of aliphatic hydroxyl groups excluding tert-OH is 2. The highest BCUT2D eigenvalue weighted by Gasteiger charge is 2.44. The number of hydrogen-bond acceptors (Lipinski definition) is 9. The molecule has 0 radical (unpaired) electrons. The minimum atomic E-state index is -0.872. The summed E-state index contributed by atoms with van der Waals surface area (Å²) in [6, 6.07) is 0. The van der Waals surface area contributed by atoms with E-state index in [0.29, 0.717) is 19.6 Å². The zero-order chi connectivity index (χ0) is 19.0. The maximum absolute atomic E-state index is 12.0. The predicted molar refractivity (Wildman–Crippen MR) is 94.9 cm³/mol. The number of aliphatic hydroxyl groups is 2. The van der Waals surface area contributed by atoms with Gasteiger partial charge in [-0.05, 0) is 13.0 Å². The Bertz CT molecular complexity index is 847. The Morgan fingerprint density at radius 3 is 2.89 bits per heavy atom. The van der Waals surface area contributed by atoms with E-state index >= 15 is 0 Å². The highest BCUT2D eigenvalue weighted by Crippen LogP contribution is 2.37. The number of rotatable bonds is 5. The molecule has 5 N–H and O–H groups in total. The van der Waals surface area contributed by atoms with Crippen molar-refractivity contribution in [3.05, 3.63) is 16.7 Å². The zero-order valence-corrected chi connectivity index (χ0v) is 14.8. The number of nitrogens with two attached hydrogens (primary N) is 1. The van der Waals surface area contributed by atoms with Gasteiger partial charge in [-0.15, -0.1) is 0 Å². The monoisotopic (exact) mass is 380 g/mol. The van der Waals surface area contributed by atoms with Gasteiger partial charge in [0.2, 0.25) is 5.95 Å². The Hall–Kier alpha value is -2.05. The summed E-state index contributed by atoms with van der Waals surface area (Å²) in [6.07, 6.45) is -0.105. The zero-order valence-electron chi connectivity index (χ0n) is 14.8. The first-order valence-electron chi connectivity index (χ1n) is 9.05. The molecular formula is C16H24N6O5. The average molecular weight is 380 g/mol. The van der Waals surface area contributed by atoms with Crippen LogP contribution in [0.5, 0.6) is 0 Å². The fourth-order valence-electron chi connectivity index (χ4n) is 3.84. The lowest BCUT2D eigenvalue weighted by atomic mass is 9.94. The maximum Gasteiger partial charge on any atom is 0.280 e. The van der Waals surface area contributed by atoms with Gasteiger partial charge < -0.3 is 25.4 Å². The van der Waals surface area contributed by atoms with E-state index in [4.69, 9.17) is 15.2 Å². The second kappa shape index (κ2) is 7.52. The summed E-state index contributed by atoms with van der Waals surface area (Å²) < 4.78 is 12.7. The Balaban J connectivity index is 1.55. The van der Waals surface area contributed by atoms with Crippen LogP contribution in [0.1, 0.15) is 12.6 Å². The van der Waals surface area contributed by atoms with Crippen LogP contribution in [-0.4, -0.2) is 86.3 Å². The fourth-order valence-corrected chi connectivity index (χ4v) is 3.84. The van der Waals surface area contributed by atoms with Gasteiger partial charge in [0.05, 0.1) is 32.3 Å². The van der Waals surface area contributed by atoms with E-state index < -0.39 is 24.0 Å². The van der Waals surface area contributed by atoms with Crippen molar-refractivity contribution < 1.29 is 19.7 Å². The van der Waals surface area contributed by atoms with Gasteiger partial charge in [0.25, 0.3) is 5.56 Å². The molecule has 4 atom stereocenters. The van der Waals surface area contributed by atoms with E-state index in [0.717, 1.165) is 19.6 Å². The number of fused-ring (bicyclic) bond motifs is 1. The molecule has 0 amide bonds. The number of imidazole rings is 1. The Morgan fingerprint density at radius 1 is 1.37 bits per heavy atom. The summed E-state index contributed by atoms with van der Waals surface area (Å²) in [7, 11) is 0. The molecule has 148 valence electrons. The molecule has 27 heavy (non-hydrogen) atoms. The predicted octanol–water partition coefficient (Wildman–Crippen LogP) is -1.71. The van der Waals surface area contributed by atoms with Crippen LogP contribution in [0.2, 0.25) is 0 Å². The normalized spacial score (nSPS) is 29.6. The second-order valence-electron chi connectivity index (χ2n) is 6.92. The Kier molecular flexibility index (Phi) is 5.10. The number of anilines is 1. The standard InChI is InChI=1S/C16H24N6O5/c17-16-19-13-11(14(25)20-16)18-8-22(13)15-12(24)9(10(7-23)27-15)1-2-21-3-5-26-6-4-21/h8-10,12,15,23-24H,1-7H2,(H3,17,19,20,25)/t9-,10-,12-,15-/m1/s1. The lowest BCUT2D eigenvalue weighted by Crippen LogP contribution is -2.39. The van der Waals surface area contributed by atoms with Gasteiger partial charge in [-0.3, -0.25) is 19.2 Å². The highest BCUT2D eigenvalue weighted by atomic mass is 16.5. The van der Waals surface area contributed by atoms with E-state index in [9.17, 15) is 15.0 Å². The third-order valence-electron chi connectivity index (χ3n) is 5.31. The largest absolute Gasteiger partial charge is 0.394 e. The molecule has 11 heteroatoms. The molecular weight excluding hydrogens is 356 g/mol. The van der Waals surface area contributed by atoms with Crippen molar-refractivity contribution in [2.75, 3.05) is 45.2 Å². The van der Waals surface area contributed by atoms with Crippen molar-refractivity contribution in [1.29, 1.82) is 0 Å². The van der Waals surface area contributed by atoms with Crippen LogP contribution in [0.3, 0.4) is 0 Å². The smallest absolute Gasteiger partial charge is 0.280 e. The van der Waals surface area contributed by atoms with Gasteiger partial charge in [0.1, 0.15) is 6.10 Å². The average Bonchev–Trinajstić information content (AvgIpc) is 3.21. The summed E-state index contributed by atoms with van der Waals surface area (Å²) in [5.74, 6) is -0.288. The minimum absolute atomic E-state index is 0.0377. The molecule has 2 aromatic rings. The number of ether oxygens (including phenoxy) is 2. The number of nitrogen functional groups attached to an aromatic ring is 1. The molecule has 2 saturated heterocycles. The Labute approximate surface area is 154 Å². The van der Waals surface area contributed by atoms with E-state index in [-0.39, 0.29) is 29.6 Å². The van der Waals surface area contributed by atoms with Crippen LogP contribution < -0.4 is 11.3 Å².